The van der Waals surface area contributed by atoms with Crippen LogP contribution in [0.5, 0.6) is 0 Å². The highest BCUT2D eigenvalue weighted by Gasteiger charge is 2.33. The number of nitrogens with zero attached hydrogens (tertiary/aromatic N) is 2. The predicted molar refractivity (Wildman–Crippen MR) is 157 cm³/mol. The molecular formula is C29H33Cl2N3O4S. The van der Waals surface area contributed by atoms with Crippen molar-refractivity contribution in [1.82, 2.24) is 10.2 Å². The lowest BCUT2D eigenvalue weighted by atomic mass is 10.1. The highest BCUT2D eigenvalue weighted by molar-refractivity contribution is 7.92. The molecule has 0 aliphatic rings. The summed E-state index contributed by atoms with van der Waals surface area (Å²) in [5.74, 6) is -0.972. The summed E-state index contributed by atoms with van der Waals surface area (Å²) in [6.45, 7) is 8.39. The van der Waals surface area contributed by atoms with Gasteiger partial charge in [-0.15, -0.1) is 0 Å². The first-order valence-corrected chi connectivity index (χ1v) is 14.7. The molecule has 10 heteroatoms. The maximum atomic E-state index is 14.0. The molecule has 208 valence electrons. The molecule has 0 aliphatic heterocycles. The summed E-state index contributed by atoms with van der Waals surface area (Å²) >= 11 is 12.8. The Kier molecular flexibility index (Phi) is 10.0. The van der Waals surface area contributed by atoms with E-state index in [0.29, 0.717) is 21.3 Å². The molecule has 0 saturated carbocycles. The lowest BCUT2D eigenvalue weighted by Crippen LogP contribution is -2.52. The van der Waals surface area contributed by atoms with Crippen molar-refractivity contribution in [3.05, 3.63) is 93.5 Å². The van der Waals surface area contributed by atoms with Crippen LogP contribution in [0.15, 0.2) is 71.6 Å². The van der Waals surface area contributed by atoms with Gasteiger partial charge in [-0.05, 0) is 82.1 Å². The number of aryl methyl sites for hydroxylation is 2. The largest absolute Gasteiger partial charge is 0.352 e. The summed E-state index contributed by atoms with van der Waals surface area (Å²) in [6, 6.07) is 17.0. The van der Waals surface area contributed by atoms with E-state index in [2.05, 4.69) is 5.32 Å². The monoisotopic (exact) mass is 589 g/mol. The summed E-state index contributed by atoms with van der Waals surface area (Å²) < 4.78 is 28.7. The first kappa shape index (κ1) is 30.5. The standard InChI is InChI=1S/C29H33Cl2N3O4S/c1-19(2)32-29(36)22(5)33(17-25-26(30)12-9-13-27(25)31)28(35)18-34(23-15-14-20(3)21(4)16-23)39(37,38)24-10-7-6-8-11-24/h6-16,19,22H,17-18H2,1-5H3,(H,32,36)/t22-/m1/s1. The summed E-state index contributed by atoms with van der Waals surface area (Å²) in [6.07, 6.45) is 0. The lowest BCUT2D eigenvalue weighted by Gasteiger charge is -2.32. The zero-order valence-corrected chi connectivity index (χ0v) is 24.9. The molecule has 1 atom stereocenters. The Morgan fingerprint density at radius 3 is 2.05 bits per heavy atom. The van der Waals surface area contributed by atoms with Crippen LogP contribution >= 0.6 is 23.2 Å². The molecule has 0 unspecified atom stereocenters. The Morgan fingerprint density at radius 2 is 1.49 bits per heavy atom. The molecule has 0 heterocycles. The maximum absolute atomic E-state index is 14.0. The molecule has 0 bridgehead atoms. The molecule has 0 saturated heterocycles. The molecule has 0 aromatic heterocycles. The van der Waals surface area contributed by atoms with E-state index in [1.165, 1.54) is 17.0 Å². The van der Waals surface area contributed by atoms with Crippen LogP contribution in [0, 0.1) is 13.8 Å². The van der Waals surface area contributed by atoms with Crippen LogP contribution in [0.4, 0.5) is 5.69 Å². The molecule has 3 aromatic carbocycles. The number of halogens is 2. The summed E-state index contributed by atoms with van der Waals surface area (Å²) in [5, 5.41) is 3.48. The SMILES string of the molecule is Cc1ccc(N(CC(=O)N(Cc2c(Cl)cccc2Cl)[C@H](C)C(=O)NC(C)C)S(=O)(=O)c2ccccc2)cc1C. The zero-order chi connectivity index (χ0) is 28.9. The second-order valence-electron chi connectivity index (χ2n) is 9.65. The molecule has 3 aromatic rings. The van der Waals surface area contributed by atoms with Gasteiger partial charge in [0.1, 0.15) is 12.6 Å². The average Bonchev–Trinajstić information content (AvgIpc) is 2.88. The first-order valence-electron chi connectivity index (χ1n) is 12.5. The average molecular weight is 591 g/mol. The first-order chi connectivity index (χ1) is 18.3. The number of nitrogens with one attached hydrogen (secondary N) is 1. The van der Waals surface area contributed by atoms with Gasteiger partial charge < -0.3 is 10.2 Å². The van der Waals surface area contributed by atoms with Crippen molar-refractivity contribution in [2.45, 2.75) is 58.1 Å². The predicted octanol–water partition coefficient (Wildman–Crippen LogP) is 5.75. The van der Waals surface area contributed by atoms with Gasteiger partial charge in [0.25, 0.3) is 10.0 Å². The number of sulfonamides is 1. The lowest BCUT2D eigenvalue weighted by molar-refractivity contribution is -0.139. The van der Waals surface area contributed by atoms with Crippen molar-refractivity contribution in [1.29, 1.82) is 0 Å². The van der Waals surface area contributed by atoms with Crippen LogP contribution in [0.1, 0.15) is 37.5 Å². The van der Waals surface area contributed by atoms with Gasteiger partial charge in [0.05, 0.1) is 10.6 Å². The maximum Gasteiger partial charge on any atom is 0.264 e. The molecule has 2 amide bonds. The van der Waals surface area contributed by atoms with E-state index in [0.717, 1.165) is 15.4 Å². The molecule has 0 aliphatic carbocycles. The molecule has 7 nitrogen and oxygen atoms in total. The van der Waals surface area contributed by atoms with Crippen molar-refractivity contribution in [3.8, 4) is 0 Å². The minimum absolute atomic E-state index is 0.0438. The number of hydrogen-bond donors (Lipinski definition) is 1. The van der Waals surface area contributed by atoms with Gasteiger partial charge in [0.15, 0.2) is 0 Å². The Balaban J connectivity index is 2.08. The topological polar surface area (TPSA) is 86.8 Å². The number of carbonyl (C=O) groups is 2. The quantitative estimate of drug-likeness (QED) is 0.326. The number of benzene rings is 3. The summed E-state index contributed by atoms with van der Waals surface area (Å²) in [7, 11) is -4.13. The van der Waals surface area contributed by atoms with Crippen LogP contribution in [-0.2, 0) is 26.2 Å². The fraction of sp³-hybridized carbons (Fsp3) is 0.310. The molecule has 39 heavy (non-hydrogen) atoms. The summed E-state index contributed by atoms with van der Waals surface area (Å²) in [4.78, 5) is 28.3. The van der Waals surface area contributed by atoms with Gasteiger partial charge in [-0.3, -0.25) is 13.9 Å². The van der Waals surface area contributed by atoms with Crippen LogP contribution in [0.3, 0.4) is 0 Å². The van der Waals surface area contributed by atoms with Crippen molar-refractivity contribution in [3.63, 3.8) is 0 Å². The van der Waals surface area contributed by atoms with Crippen molar-refractivity contribution < 1.29 is 18.0 Å². The normalized spacial score (nSPS) is 12.2. The van der Waals surface area contributed by atoms with Gasteiger partial charge in [0, 0.05) is 28.2 Å². The number of carbonyl (C=O) groups excluding carboxylic acids is 2. The second-order valence-corrected chi connectivity index (χ2v) is 12.3. The van der Waals surface area contributed by atoms with E-state index in [4.69, 9.17) is 23.2 Å². The van der Waals surface area contributed by atoms with Crippen molar-refractivity contribution in [2.24, 2.45) is 0 Å². The Morgan fingerprint density at radius 1 is 0.872 bits per heavy atom. The third kappa shape index (κ3) is 7.32. The minimum atomic E-state index is -4.13. The number of amides is 2. The molecule has 0 radical (unpaired) electrons. The molecule has 0 fully saturated rings. The number of hydrogen-bond acceptors (Lipinski definition) is 4. The summed E-state index contributed by atoms with van der Waals surface area (Å²) in [5.41, 5.74) is 2.65. The van der Waals surface area contributed by atoms with Crippen molar-refractivity contribution in [2.75, 3.05) is 10.8 Å². The van der Waals surface area contributed by atoms with Gasteiger partial charge in [-0.2, -0.15) is 0 Å². The highest BCUT2D eigenvalue weighted by atomic mass is 35.5. The third-order valence-corrected chi connectivity index (χ3v) is 8.87. The van der Waals surface area contributed by atoms with E-state index < -0.39 is 28.5 Å². The molecular weight excluding hydrogens is 557 g/mol. The van der Waals surface area contributed by atoms with Gasteiger partial charge >= 0.3 is 0 Å². The van der Waals surface area contributed by atoms with Crippen LogP contribution in [-0.4, -0.2) is 43.8 Å². The highest BCUT2D eigenvalue weighted by Crippen LogP contribution is 2.29. The molecule has 3 rings (SSSR count). The van der Waals surface area contributed by atoms with E-state index >= 15 is 0 Å². The zero-order valence-electron chi connectivity index (χ0n) is 22.6. The third-order valence-electron chi connectivity index (χ3n) is 6.38. The molecule has 0 spiro atoms. The minimum Gasteiger partial charge on any atom is -0.352 e. The molecule has 1 N–H and O–H groups in total. The number of rotatable bonds is 10. The van der Waals surface area contributed by atoms with E-state index in [1.54, 1.807) is 55.5 Å². The fourth-order valence-electron chi connectivity index (χ4n) is 3.97. The van der Waals surface area contributed by atoms with Crippen LogP contribution in [0.2, 0.25) is 10.0 Å². The van der Waals surface area contributed by atoms with Gasteiger partial charge in [0.2, 0.25) is 11.8 Å². The Labute approximate surface area is 240 Å². The van der Waals surface area contributed by atoms with E-state index in [-0.39, 0.29) is 23.4 Å². The van der Waals surface area contributed by atoms with Crippen LogP contribution in [0.25, 0.3) is 0 Å². The van der Waals surface area contributed by atoms with Gasteiger partial charge in [-0.25, -0.2) is 8.42 Å². The van der Waals surface area contributed by atoms with E-state index in [1.807, 2.05) is 33.8 Å². The fourth-order valence-corrected chi connectivity index (χ4v) is 5.91. The Hall–Kier alpha value is -3.07. The second kappa shape index (κ2) is 12.9. The van der Waals surface area contributed by atoms with E-state index in [9.17, 15) is 18.0 Å². The Bertz CT molecular complexity index is 1430. The van der Waals surface area contributed by atoms with Crippen molar-refractivity contribution >= 4 is 50.7 Å². The number of anilines is 1. The smallest absolute Gasteiger partial charge is 0.264 e. The van der Waals surface area contributed by atoms with Gasteiger partial charge in [-0.1, -0.05) is 53.5 Å². The van der Waals surface area contributed by atoms with Crippen LogP contribution < -0.4 is 9.62 Å².